The van der Waals surface area contributed by atoms with E-state index < -0.39 is 0 Å². The summed E-state index contributed by atoms with van der Waals surface area (Å²) in [5.41, 5.74) is 4.56. The van der Waals surface area contributed by atoms with E-state index in [4.69, 9.17) is 14.2 Å². The summed E-state index contributed by atoms with van der Waals surface area (Å²) in [6.45, 7) is 2.61. The summed E-state index contributed by atoms with van der Waals surface area (Å²) in [4.78, 5) is 15.8. The summed E-state index contributed by atoms with van der Waals surface area (Å²) in [5, 5.41) is 0. The maximum absolute atomic E-state index is 13.4. The topological polar surface area (TPSA) is 48.0 Å². The van der Waals surface area contributed by atoms with Crippen molar-refractivity contribution < 1.29 is 19.0 Å². The van der Waals surface area contributed by atoms with Crippen LogP contribution in [0.5, 0.6) is 17.2 Å². The molecule has 3 aromatic carbocycles. The molecule has 0 amide bonds. The van der Waals surface area contributed by atoms with Gasteiger partial charge in [-0.3, -0.25) is 9.69 Å². The molecule has 35 heavy (non-hydrogen) atoms. The number of carbonyl (C=O) groups is 1. The van der Waals surface area contributed by atoms with Crippen molar-refractivity contribution in [1.29, 1.82) is 0 Å². The molecule has 0 aliphatic carbocycles. The SMILES string of the molecule is COc1cc(OC)c(C2=CCN(Cc3ccccc3)CC2)c2c1C(=O)/C(=C/c1ccc(Br)cc1)O2. The molecule has 0 spiro atoms. The fraction of sp³-hybridized carbons (Fsp3) is 0.207. The monoisotopic (exact) mass is 531 g/mol. The summed E-state index contributed by atoms with van der Waals surface area (Å²) < 4.78 is 18.5. The van der Waals surface area contributed by atoms with E-state index in [2.05, 4.69) is 51.2 Å². The molecule has 0 fully saturated rings. The lowest BCUT2D eigenvalue weighted by molar-refractivity contribution is 0.101. The zero-order valence-corrected chi connectivity index (χ0v) is 21.3. The van der Waals surface area contributed by atoms with Gasteiger partial charge in [0, 0.05) is 30.2 Å². The first-order valence-electron chi connectivity index (χ1n) is 11.5. The van der Waals surface area contributed by atoms with Crippen LogP contribution in [0.2, 0.25) is 0 Å². The minimum atomic E-state index is -0.189. The van der Waals surface area contributed by atoms with E-state index in [9.17, 15) is 4.79 Å². The van der Waals surface area contributed by atoms with E-state index >= 15 is 0 Å². The van der Waals surface area contributed by atoms with Gasteiger partial charge in [0.25, 0.3) is 0 Å². The molecule has 0 unspecified atom stereocenters. The third kappa shape index (κ3) is 4.77. The van der Waals surface area contributed by atoms with Crippen LogP contribution in [0.25, 0.3) is 11.6 Å². The molecule has 2 heterocycles. The number of hydrogen-bond donors (Lipinski definition) is 0. The molecule has 0 N–H and O–H groups in total. The number of ether oxygens (including phenoxy) is 3. The molecule has 2 aliphatic heterocycles. The molecule has 0 aromatic heterocycles. The number of hydrogen-bond acceptors (Lipinski definition) is 5. The molecule has 0 radical (unpaired) electrons. The molecular formula is C29H26BrNO4. The van der Waals surface area contributed by atoms with Gasteiger partial charge in [-0.05, 0) is 41.3 Å². The van der Waals surface area contributed by atoms with E-state index in [1.807, 2.05) is 30.3 Å². The number of ketones is 1. The number of fused-ring (bicyclic) bond motifs is 1. The zero-order chi connectivity index (χ0) is 24.4. The number of carbonyl (C=O) groups excluding carboxylic acids is 1. The molecule has 178 valence electrons. The van der Waals surface area contributed by atoms with Crippen LogP contribution in [0.3, 0.4) is 0 Å². The highest BCUT2D eigenvalue weighted by Gasteiger charge is 2.36. The Balaban J connectivity index is 1.49. The van der Waals surface area contributed by atoms with Gasteiger partial charge in [-0.2, -0.15) is 0 Å². The molecule has 5 nitrogen and oxygen atoms in total. The first-order valence-corrected chi connectivity index (χ1v) is 12.3. The molecule has 0 saturated heterocycles. The summed E-state index contributed by atoms with van der Waals surface area (Å²) in [6.07, 6.45) is 4.80. The van der Waals surface area contributed by atoms with Crippen LogP contribution in [0.15, 0.2) is 77.0 Å². The fourth-order valence-corrected chi connectivity index (χ4v) is 4.83. The van der Waals surface area contributed by atoms with Gasteiger partial charge >= 0.3 is 0 Å². The maximum Gasteiger partial charge on any atom is 0.235 e. The number of rotatable bonds is 6. The third-order valence-electron chi connectivity index (χ3n) is 6.34. The van der Waals surface area contributed by atoms with Crippen molar-refractivity contribution in [3.63, 3.8) is 0 Å². The Hall–Kier alpha value is -3.35. The average molecular weight is 532 g/mol. The Labute approximate surface area is 213 Å². The predicted molar refractivity (Wildman–Crippen MR) is 141 cm³/mol. The Kier molecular flexibility index (Phi) is 6.75. The second kappa shape index (κ2) is 10.1. The number of allylic oxidation sites excluding steroid dienone is 1. The van der Waals surface area contributed by atoms with Crippen molar-refractivity contribution in [1.82, 2.24) is 4.90 Å². The lowest BCUT2D eigenvalue weighted by atomic mass is 9.94. The molecule has 6 heteroatoms. The largest absolute Gasteiger partial charge is 0.496 e. The minimum absolute atomic E-state index is 0.189. The van der Waals surface area contributed by atoms with Crippen molar-refractivity contribution in [3.05, 3.63) is 99.2 Å². The molecule has 0 atom stereocenters. The highest BCUT2D eigenvalue weighted by molar-refractivity contribution is 9.10. The van der Waals surface area contributed by atoms with Crippen LogP contribution in [-0.4, -0.2) is 38.0 Å². The van der Waals surface area contributed by atoms with Gasteiger partial charge < -0.3 is 14.2 Å². The second-order valence-electron chi connectivity index (χ2n) is 8.55. The second-order valence-corrected chi connectivity index (χ2v) is 9.47. The number of halogens is 1. The average Bonchev–Trinajstić information content (AvgIpc) is 3.21. The lowest BCUT2D eigenvalue weighted by Gasteiger charge is -2.27. The third-order valence-corrected chi connectivity index (χ3v) is 6.87. The van der Waals surface area contributed by atoms with Gasteiger partial charge in [-0.1, -0.05) is 64.5 Å². The van der Waals surface area contributed by atoms with Gasteiger partial charge in [0.15, 0.2) is 11.5 Å². The van der Waals surface area contributed by atoms with Crippen LogP contribution in [0.1, 0.15) is 33.5 Å². The predicted octanol–water partition coefficient (Wildman–Crippen LogP) is 6.37. The molecule has 5 rings (SSSR count). The summed E-state index contributed by atoms with van der Waals surface area (Å²) in [6, 6.07) is 20.0. The number of Topliss-reactive ketones (excluding diaryl/α,β-unsaturated/α-hetero) is 1. The molecule has 0 saturated carbocycles. The van der Waals surface area contributed by atoms with E-state index in [-0.39, 0.29) is 11.5 Å². The van der Waals surface area contributed by atoms with Crippen molar-refractivity contribution >= 4 is 33.4 Å². The molecule has 2 aliphatic rings. The van der Waals surface area contributed by atoms with Crippen molar-refractivity contribution in [2.24, 2.45) is 0 Å². The quantitative estimate of drug-likeness (QED) is 0.346. The fourth-order valence-electron chi connectivity index (χ4n) is 4.56. The van der Waals surface area contributed by atoms with Gasteiger partial charge in [-0.25, -0.2) is 0 Å². The van der Waals surface area contributed by atoms with Gasteiger partial charge in [-0.15, -0.1) is 0 Å². The summed E-state index contributed by atoms with van der Waals surface area (Å²) in [7, 11) is 3.19. The highest BCUT2D eigenvalue weighted by atomic mass is 79.9. The summed E-state index contributed by atoms with van der Waals surface area (Å²) in [5.74, 6) is 1.69. The minimum Gasteiger partial charge on any atom is -0.496 e. The van der Waals surface area contributed by atoms with Crippen LogP contribution < -0.4 is 14.2 Å². The van der Waals surface area contributed by atoms with E-state index in [1.165, 1.54) is 5.56 Å². The van der Waals surface area contributed by atoms with E-state index in [0.717, 1.165) is 47.2 Å². The Bertz CT molecular complexity index is 1310. The van der Waals surface area contributed by atoms with E-state index in [0.29, 0.717) is 22.8 Å². The van der Waals surface area contributed by atoms with Gasteiger partial charge in [0.05, 0.1) is 19.8 Å². The Morgan fingerprint density at radius 3 is 2.37 bits per heavy atom. The van der Waals surface area contributed by atoms with Crippen molar-refractivity contribution in [2.75, 3.05) is 27.3 Å². The molecule has 3 aromatic rings. The zero-order valence-electron chi connectivity index (χ0n) is 19.7. The van der Waals surface area contributed by atoms with Crippen LogP contribution >= 0.6 is 15.9 Å². The smallest absolute Gasteiger partial charge is 0.235 e. The highest BCUT2D eigenvalue weighted by Crippen LogP contribution is 2.49. The number of benzene rings is 3. The van der Waals surface area contributed by atoms with Crippen LogP contribution in [-0.2, 0) is 6.54 Å². The van der Waals surface area contributed by atoms with E-state index in [1.54, 1.807) is 26.4 Å². The first-order chi connectivity index (χ1) is 17.1. The van der Waals surface area contributed by atoms with Crippen LogP contribution in [0, 0.1) is 0 Å². The number of methoxy groups -OCH3 is 2. The van der Waals surface area contributed by atoms with Gasteiger partial charge in [0.1, 0.15) is 17.1 Å². The van der Waals surface area contributed by atoms with Crippen molar-refractivity contribution in [2.45, 2.75) is 13.0 Å². The van der Waals surface area contributed by atoms with Crippen LogP contribution in [0.4, 0.5) is 0 Å². The maximum atomic E-state index is 13.4. The number of nitrogens with zero attached hydrogens (tertiary/aromatic N) is 1. The standard InChI is InChI=1S/C29H26BrNO4/c1-33-23-17-24(34-2)27-28(32)25(16-19-8-10-22(30)11-9-19)35-29(27)26(23)21-12-14-31(15-13-21)18-20-6-4-3-5-7-20/h3-12,16-17H,13-15,18H2,1-2H3/b25-16-. The van der Waals surface area contributed by atoms with Crippen molar-refractivity contribution in [3.8, 4) is 17.2 Å². The van der Waals surface area contributed by atoms with Gasteiger partial charge in [0.2, 0.25) is 5.78 Å². The lowest BCUT2D eigenvalue weighted by Crippen LogP contribution is -2.28. The Morgan fingerprint density at radius 2 is 1.71 bits per heavy atom. The Morgan fingerprint density at radius 1 is 1.00 bits per heavy atom. The first kappa shape index (κ1) is 23.4. The normalized spacial score (nSPS) is 16.6. The molecular weight excluding hydrogens is 506 g/mol. The summed E-state index contributed by atoms with van der Waals surface area (Å²) >= 11 is 3.45. The molecule has 0 bridgehead atoms.